The molecule has 0 amide bonds. The summed E-state index contributed by atoms with van der Waals surface area (Å²) in [6.07, 6.45) is 4.61. The molecule has 166 valence electrons. The second-order valence-corrected chi connectivity index (χ2v) is 8.71. The molecule has 1 fully saturated rings. The third-order valence-corrected chi connectivity index (χ3v) is 5.99. The molecule has 1 atom stereocenters. The van der Waals surface area contributed by atoms with Crippen molar-refractivity contribution in [1.29, 1.82) is 0 Å². The Morgan fingerprint density at radius 3 is 2.65 bits per heavy atom. The molecule has 2 N–H and O–H groups in total. The van der Waals surface area contributed by atoms with Gasteiger partial charge in [0.1, 0.15) is 10.7 Å². The first kappa shape index (κ1) is 23.5. The van der Waals surface area contributed by atoms with Crippen molar-refractivity contribution >= 4 is 40.5 Å². The van der Waals surface area contributed by atoms with Crippen molar-refractivity contribution in [2.75, 3.05) is 18.5 Å². The number of thiocarbonyl (C=S) groups is 1. The molecule has 1 saturated heterocycles. The number of hydrogen-bond donors (Lipinski definition) is 2. The second-order valence-electron chi connectivity index (χ2n) is 7.90. The number of aryl methyl sites for hydroxylation is 2. The fourth-order valence-corrected chi connectivity index (χ4v) is 4.44. The highest BCUT2D eigenvalue weighted by Crippen LogP contribution is 2.27. The van der Waals surface area contributed by atoms with Crippen LogP contribution in [0.1, 0.15) is 47.9 Å². The fourth-order valence-electron chi connectivity index (χ4n) is 3.85. The van der Waals surface area contributed by atoms with Gasteiger partial charge in [-0.25, -0.2) is 0 Å². The van der Waals surface area contributed by atoms with Crippen molar-refractivity contribution in [1.82, 2.24) is 0 Å². The molecule has 1 heterocycles. The highest BCUT2D eigenvalue weighted by atomic mass is 35.5. The first-order chi connectivity index (χ1) is 14.8. The van der Waals surface area contributed by atoms with E-state index in [9.17, 15) is 4.79 Å². The average molecular weight is 462 g/mol. The molecule has 1 aliphatic heterocycles. The highest BCUT2D eigenvalue weighted by molar-refractivity contribution is 7.81. The zero-order valence-corrected chi connectivity index (χ0v) is 19.4. The van der Waals surface area contributed by atoms with Crippen LogP contribution in [0, 0.1) is 13.8 Å². The number of carboxylic acid groups (broad SMARTS) is 1. The van der Waals surface area contributed by atoms with Crippen LogP contribution in [0.4, 0.5) is 5.69 Å². The normalized spacial score (nSPS) is 16.0. The molecule has 0 aromatic heterocycles. The lowest BCUT2D eigenvalue weighted by atomic mass is 10.0. The summed E-state index contributed by atoms with van der Waals surface area (Å²) in [5, 5.41) is 12.7. The van der Waals surface area contributed by atoms with Crippen molar-refractivity contribution in [3.05, 3.63) is 57.6 Å². The summed E-state index contributed by atoms with van der Waals surface area (Å²) in [4.78, 5) is 11.5. The van der Waals surface area contributed by atoms with Gasteiger partial charge in [-0.05, 0) is 74.1 Å². The van der Waals surface area contributed by atoms with E-state index in [4.69, 9.17) is 38.4 Å². The molecule has 0 spiro atoms. The predicted octanol–water partition coefficient (Wildman–Crippen LogP) is 5.71. The summed E-state index contributed by atoms with van der Waals surface area (Å²) in [7, 11) is 0. The van der Waals surface area contributed by atoms with Crippen molar-refractivity contribution in [2.24, 2.45) is 0 Å². The Morgan fingerprint density at radius 2 is 2.00 bits per heavy atom. The maximum Gasteiger partial charge on any atom is 0.307 e. The molecular weight excluding hydrogens is 434 g/mol. The largest absolute Gasteiger partial charge is 0.493 e. The molecule has 3 rings (SSSR count). The quantitative estimate of drug-likeness (QED) is 0.491. The first-order valence-electron chi connectivity index (χ1n) is 10.5. The number of anilines is 1. The van der Waals surface area contributed by atoms with Crippen LogP contribution >= 0.6 is 23.8 Å². The van der Waals surface area contributed by atoms with E-state index in [2.05, 4.69) is 5.32 Å². The Balaban J connectivity index is 1.66. The lowest BCUT2D eigenvalue weighted by Gasteiger charge is -2.22. The zero-order chi connectivity index (χ0) is 22.4. The molecule has 31 heavy (non-hydrogen) atoms. The monoisotopic (exact) mass is 461 g/mol. The molecule has 2 aromatic rings. The van der Waals surface area contributed by atoms with Gasteiger partial charge in [0.25, 0.3) is 0 Å². The molecule has 2 aromatic carbocycles. The SMILES string of the molecule is Cc1cc(OCC[C@@H]2CCCCO2)cc(C)c1C(=S)Nc1cc(CC(=O)O)ccc1Cl. The fraction of sp³-hybridized carbons (Fsp3) is 0.417. The van der Waals surface area contributed by atoms with Crippen LogP contribution in [-0.4, -0.2) is 35.4 Å². The van der Waals surface area contributed by atoms with E-state index < -0.39 is 5.97 Å². The van der Waals surface area contributed by atoms with E-state index in [1.165, 1.54) is 6.42 Å². The maximum atomic E-state index is 11.0. The molecule has 7 heteroatoms. The van der Waals surface area contributed by atoms with Gasteiger partial charge in [-0.3, -0.25) is 4.79 Å². The van der Waals surface area contributed by atoms with Gasteiger partial charge in [-0.1, -0.05) is 29.9 Å². The third-order valence-electron chi connectivity index (χ3n) is 5.35. The van der Waals surface area contributed by atoms with Crippen LogP contribution in [0.25, 0.3) is 0 Å². The van der Waals surface area contributed by atoms with E-state index in [0.29, 0.717) is 34.0 Å². The number of benzene rings is 2. The Hall–Kier alpha value is -2.15. The van der Waals surface area contributed by atoms with Crippen molar-refractivity contribution in [3.63, 3.8) is 0 Å². The Bertz CT molecular complexity index is 934. The number of nitrogens with one attached hydrogen (secondary N) is 1. The molecule has 5 nitrogen and oxygen atoms in total. The standard InChI is InChI=1S/C24H28ClNO4S/c1-15-11-19(30-10-8-18-5-3-4-9-29-18)12-16(2)23(15)24(31)26-21-13-17(14-22(27)28)6-7-20(21)25/h6-7,11-13,18H,3-5,8-10,14H2,1-2H3,(H,26,31)(H,27,28)/t18-/m0/s1. The van der Waals surface area contributed by atoms with E-state index >= 15 is 0 Å². The smallest absolute Gasteiger partial charge is 0.307 e. The molecule has 0 unspecified atom stereocenters. The first-order valence-corrected chi connectivity index (χ1v) is 11.3. The van der Waals surface area contributed by atoms with Gasteiger partial charge in [-0.2, -0.15) is 0 Å². The van der Waals surface area contributed by atoms with Gasteiger partial charge in [0.15, 0.2) is 0 Å². The Kier molecular flexibility index (Phi) is 8.29. The van der Waals surface area contributed by atoms with Crippen LogP contribution in [-0.2, 0) is 16.0 Å². The van der Waals surface area contributed by atoms with E-state index in [1.54, 1.807) is 18.2 Å². The van der Waals surface area contributed by atoms with E-state index in [0.717, 1.165) is 48.3 Å². The summed E-state index contributed by atoms with van der Waals surface area (Å²) in [6.45, 7) is 5.47. The second kappa shape index (κ2) is 10.9. The van der Waals surface area contributed by atoms with Gasteiger partial charge in [-0.15, -0.1) is 0 Å². The average Bonchev–Trinajstić information content (AvgIpc) is 2.70. The van der Waals surface area contributed by atoms with Crippen molar-refractivity contribution in [2.45, 2.75) is 52.1 Å². The highest BCUT2D eigenvalue weighted by Gasteiger charge is 2.16. The molecule has 0 radical (unpaired) electrons. The summed E-state index contributed by atoms with van der Waals surface area (Å²) >= 11 is 11.9. The third kappa shape index (κ3) is 6.66. The van der Waals surface area contributed by atoms with E-state index in [1.807, 2.05) is 26.0 Å². The molecule has 0 bridgehead atoms. The van der Waals surface area contributed by atoms with Crippen LogP contribution in [0.3, 0.4) is 0 Å². The Labute approximate surface area is 193 Å². The number of aliphatic carboxylic acids is 1. The number of hydrogen-bond acceptors (Lipinski definition) is 4. The van der Waals surface area contributed by atoms with Crippen LogP contribution in [0.5, 0.6) is 5.75 Å². The predicted molar refractivity (Wildman–Crippen MR) is 128 cm³/mol. The molecule has 1 aliphatic rings. The van der Waals surface area contributed by atoms with Gasteiger partial charge < -0.3 is 19.9 Å². The van der Waals surface area contributed by atoms with E-state index in [-0.39, 0.29) is 6.42 Å². The topological polar surface area (TPSA) is 67.8 Å². The summed E-state index contributed by atoms with van der Waals surface area (Å²) in [6, 6.07) is 9.07. The summed E-state index contributed by atoms with van der Waals surface area (Å²) < 4.78 is 11.7. The maximum absolute atomic E-state index is 11.0. The summed E-state index contributed by atoms with van der Waals surface area (Å²) in [5.74, 6) is -0.0768. The number of ether oxygens (including phenoxy) is 2. The zero-order valence-electron chi connectivity index (χ0n) is 17.9. The van der Waals surface area contributed by atoms with Crippen LogP contribution < -0.4 is 10.1 Å². The minimum Gasteiger partial charge on any atom is -0.493 e. The number of carboxylic acids is 1. The van der Waals surface area contributed by atoms with Gasteiger partial charge in [0, 0.05) is 18.6 Å². The number of carbonyl (C=O) groups is 1. The number of halogens is 1. The van der Waals surface area contributed by atoms with Gasteiger partial charge in [0.05, 0.1) is 29.8 Å². The lowest BCUT2D eigenvalue weighted by Crippen LogP contribution is -2.21. The minimum atomic E-state index is -0.895. The lowest BCUT2D eigenvalue weighted by molar-refractivity contribution is -0.136. The number of rotatable bonds is 8. The van der Waals surface area contributed by atoms with Crippen LogP contribution in [0.15, 0.2) is 30.3 Å². The van der Waals surface area contributed by atoms with Crippen molar-refractivity contribution in [3.8, 4) is 5.75 Å². The summed E-state index contributed by atoms with van der Waals surface area (Å²) in [5.41, 5.74) is 4.16. The molecule has 0 saturated carbocycles. The van der Waals surface area contributed by atoms with Gasteiger partial charge in [0.2, 0.25) is 0 Å². The van der Waals surface area contributed by atoms with Crippen LogP contribution in [0.2, 0.25) is 5.02 Å². The molecule has 0 aliphatic carbocycles. The van der Waals surface area contributed by atoms with Crippen molar-refractivity contribution < 1.29 is 19.4 Å². The Morgan fingerprint density at radius 1 is 1.26 bits per heavy atom. The molecular formula is C24H28ClNO4S. The minimum absolute atomic E-state index is 0.0748. The van der Waals surface area contributed by atoms with Gasteiger partial charge >= 0.3 is 5.97 Å².